The first-order valence-corrected chi connectivity index (χ1v) is 1.22. The van der Waals surface area contributed by atoms with Gasteiger partial charge in [-0.25, -0.2) is 0 Å². The number of hydrogen-bond donors (Lipinski definition) is 0. The van der Waals surface area contributed by atoms with E-state index in [0.717, 1.165) is 0 Å². The van der Waals surface area contributed by atoms with Crippen LogP contribution in [0.2, 0.25) is 0 Å². The van der Waals surface area contributed by atoms with Gasteiger partial charge in [-0.1, -0.05) is 0 Å². The van der Waals surface area contributed by atoms with Gasteiger partial charge >= 0.3 is 9.29 Å². The van der Waals surface area contributed by atoms with E-state index >= 15 is 0 Å². The van der Waals surface area contributed by atoms with Crippen LogP contribution in [0.15, 0.2) is 0 Å². The van der Waals surface area contributed by atoms with Crippen molar-refractivity contribution in [3.63, 3.8) is 0 Å². The van der Waals surface area contributed by atoms with Crippen LogP contribution < -0.4 is 0 Å². The van der Waals surface area contributed by atoms with Crippen molar-refractivity contribution < 1.29 is 51.3 Å². The second-order valence-electron chi connectivity index (χ2n) is 0.0833. The van der Waals surface area contributed by atoms with Crippen LogP contribution in [0.25, 0.3) is 0 Å². The van der Waals surface area contributed by atoms with Crippen LogP contribution in [0.1, 0.15) is 0 Å². The summed E-state index contributed by atoms with van der Waals surface area (Å²) in [6, 6.07) is 0. The van der Waals surface area contributed by atoms with E-state index in [-0.39, 0.29) is 42.3 Å². The number of rotatable bonds is 0. The van der Waals surface area contributed by atoms with Crippen molar-refractivity contribution >= 4 is 9.29 Å². The molecule has 0 aromatic carbocycles. The summed E-state index contributed by atoms with van der Waals surface area (Å²) in [6.07, 6.45) is 0. The van der Waals surface area contributed by atoms with E-state index in [1.165, 1.54) is 0 Å². The third kappa shape index (κ3) is 37.6. The van der Waals surface area contributed by atoms with Crippen LogP contribution in [0, 0.1) is 0 Å². The van der Waals surface area contributed by atoms with Crippen LogP contribution in [-0.4, -0.2) is 9.29 Å². The van der Waals surface area contributed by atoms with Crippen molar-refractivity contribution in [2.24, 2.45) is 0 Å². The van der Waals surface area contributed by atoms with Gasteiger partial charge in [0.15, 0.2) is 0 Å². The summed E-state index contributed by atoms with van der Waals surface area (Å²) in [6.45, 7) is 0. The van der Waals surface area contributed by atoms with E-state index in [4.69, 9.17) is 8.92 Å². The Balaban J connectivity index is -0.0000000200. The second kappa shape index (κ2) is 19.0. The predicted molar refractivity (Wildman–Crippen MR) is 7.13 cm³/mol. The molecule has 0 rings (SSSR count). The molecule has 0 aliphatic rings. The van der Waals surface area contributed by atoms with E-state index < -0.39 is 9.29 Å². The van der Waals surface area contributed by atoms with E-state index in [9.17, 15) is 0 Å². The van der Waals surface area contributed by atoms with Crippen LogP contribution in [-0.2, 0) is 51.3 Å². The Morgan fingerprint density at radius 2 is 1.20 bits per heavy atom. The molecular formula is NiO2ScSi. The first-order valence-electron chi connectivity index (χ1n) is 0.408. The Hall–Kier alpha value is 1.18. The maximum atomic E-state index is 8.40. The first kappa shape index (κ1) is 16.4. The first-order chi connectivity index (χ1) is 1.41. The zero-order valence-electron chi connectivity index (χ0n) is 2.21. The minimum atomic E-state index is -1.42. The summed E-state index contributed by atoms with van der Waals surface area (Å²) >= 11 is 0. The molecule has 0 heterocycles. The van der Waals surface area contributed by atoms with Gasteiger partial charge in [0.2, 0.25) is 0 Å². The van der Waals surface area contributed by atoms with E-state index in [1.54, 1.807) is 0 Å². The average molecular weight is 164 g/mol. The Morgan fingerprint density at radius 3 is 1.20 bits per heavy atom. The molecule has 5 heteroatoms. The standard InChI is InChI=1S/Ni.O2Si.Sc/c;1-3-2;. The molecule has 0 atom stereocenters. The maximum Gasteiger partial charge on any atom is 0.549 e. The SMILES string of the molecule is O=[Si]=O.[Ni].[Sc]. The van der Waals surface area contributed by atoms with Gasteiger partial charge in [0.1, 0.15) is 0 Å². The molecule has 0 aliphatic heterocycles. The molecule has 0 aromatic heterocycles. The summed E-state index contributed by atoms with van der Waals surface area (Å²) < 4.78 is 16.8. The smallest absolute Gasteiger partial charge is 0.274 e. The molecule has 0 spiro atoms. The van der Waals surface area contributed by atoms with Gasteiger partial charge in [-0.15, -0.1) is 0 Å². The van der Waals surface area contributed by atoms with Crippen molar-refractivity contribution in [1.29, 1.82) is 0 Å². The van der Waals surface area contributed by atoms with Crippen molar-refractivity contribution in [2.75, 3.05) is 0 Å². The Labute approximate surface area is 60.4 Å². The quantitative estimate of drug-likeness (QED) is 0.446. The molecule has 0 bridgehead atoms. The molecule has 5 heavy (non-hydrogen) atoms. The summed E-state index contributed by atoms with van der Waals surface area (Å²) in [4.78, 5) is 0. The van der Waals surface area contributed by atoms with E-state index in [2.05, 4.69) is 0 Å². The maximum absolute atomic E-state index is 8.40. The van der Waals surface area contributed by atoms with Crippen molar-refractivity contribution in [2.45, 2.75) is 0 Å². The normalized spacial score (nSPS) is 1.60. The third-order valence-electron chi connectivity index (χ3n) is 0. The van der Waals surface area contributed by atoms with E-state index in [0.29, 0.717) is 0 Å². The fraction of sp³-hybridized carbons (Fsp3) is 0. The molecule has 2 nitrogen and oxygen atoms in total. The zero-order chi connectivity index (χ0) is 2.71. The van der Waals surface area contributed by atoms with Gasteiger partial charge in [-0.2, -0.15) is 0 Å². The van der Waals surface area contributed by atoms with Gasteiger partial charge in [0, 0.05) is 42.3 Å². The van der Waals surface area contributed by atoms with Crippen molar-refractivity contribution in [1.82, 2.24) is 0 Å². The summed E-state index contributed by atoms with van der Waals surface area (Å²) in [5, 5.41) is 0. The molecule has 29 valence electrons. The minimum Gasteiger partial charge on any atom is -0.274 e. The molecule has 1 radical (unpaired) electrons. The molecule has 0 unspecified atom stereocenters. The second-order valence-corrected chi connectivity index (χ2v) is 0.250. The van der Waals surface area contributed by atoms with Gasteiger partial charge in [-0.05, 0) is 0 Å². The van der Waals surface area contributed by atoms with Crippen molar-refractivity contribution in [3.8, 4) is 0 Å². The van der Waals surface area contributed by atoms with Gasteiger partial charge in [0.05, 0.1) is 0 Å². The summed E-state index contributed by atoms with van der Waals surface area (Å²) in [7, 11) is -1.42. The van der Waals surface area contributed by atoms with Gasteiger partial charge < -0.3 is 0 Å². The zero-order valence-corrected chi connectivity index (χ0v) is 6.00. The van der Waals surface area contributed by atoms with Crippen LogP contribution in [0.3, 0.4) is 0 Å². The van der Waals surface area contributed by atoms with Crippen LogP contribution in [0.4, 0.5) is 0 Å². The molecule has 0 amide bonds. The summed E-state index contributed by atoms with van der Waals surface area (Å²) in [5.41, 5.74) is 0. The third-order valence-corrected chi connectivity index (χ3v) is 0. The topological polar surface area (TPSA) is 34.1 Å². The fourth-order valence-electron chi connectivity index (χ4n) is 0. The largest absolute Gasteiger partial charge is 0.549 e. The molecular weight excluding hydrogens is 164 g/mol. The summed E-state index contributed by atoms with van der Waals surface area (Å²) in [5.74, 6) is 0. The molecule has 0 fully saturated rings. The van der Waals surface area contributed by atoms with Crippen LogP contribution in [0.5, 0.6) is 0 Å². The fourth-order valence-corrected chi connectivity index (χ4v) is 0. The van der Waals surface area contributed by atoms with Gasteiger partial charge in [-0.3, -0.25) is 8.92 Å². The minimum absolute atomic E-state index is 0. The Bertz CT molecular complexity index is 30.6. The molecule has 0 aromatic rings. The van der Waals surface area contributed by atoms with Gasteiger partial charge in [0.25, 0.3) is 0 Å². The molecule has 0 saturated heterocycles. The number of hydrogen-bond acceptors (Lipinski definition) is 2. The Morgan fingerprint density at radius 1 is 1.20 bits per heavy atom. The van der Waals surface area contributed by atoms with E-state index in [1.807, 2.05) is 0 Å². The molecule has 0 saturated carbocycles. The average Bonchev–Trinajstić information content (AvgIpc) is 0.918. The van der Waals surface area contributed by atoms with Crippen molar-refractivity contribution in [3.05, 3.63) is 0 Å². The molecule has 0 N–H and O–H groups in total. The van der Waals surface area contributed by atoms with Crippen LogP contribution >= 0.6 is 0 Å². The monoisotopic (exact) mass is 163 g/mol. The molecule has 0 aliphatic carbocycles. The predicted octanol–water partition coefficient (Wildman–Crippen LogP) is -0.623. The Kier molecular flexibility index (Phi) is 62.4.